The first-order valence-electron chi connectivity index (χ1n) is 6.04. The van der Waals surface area contributed by atoms with E-state index in [1.54, 1.807) is 0 Å². The van der Waals surface area contributed by atoms with Gasteiger partial charge in [0.15, 0.2) is 0 Å². The molecule has 0 radical (unpaired) electrons. The van der Waals surface area contributed by atoms with Gasteiger partial charge in [-0.2, -0.15) is 0 Å². The summed E-state index contributed by atoms with van der Waals surface area (Å²) in [5, 5.41) is 0. The Bertz CT molecular complexity index is 398. The van der Waals surface area contributed by atoms with E-state index in [0.29, 0.717) is 30.1 Å². The predicted molar refractivity (Wildman–Crippen MR) is 61.7 cm³/mol. The highest BCUT2D eigenvalue weighted by molar-refractivity contribution is 5.79. The molecule has 1 aliphatic rings. The lowest BCUT2D eigenvalue weighted by atomic mass is 9.77. The van der Waals surface area contributed by atoms with Crippen LogP contribution in [0.1, 0.15) is 44.1 Å². The van der Waals surface area contributed by atoms with E-state index in [1.165, 1.54) is 12.1 Å². The number of benzene rings is 1. The molecular formula is C14H16F2O. The normalized spacial score (nSPS) is 19.4. The molecule has 0 amide bonds. The van der Waals surface area contributed by atoms with Crippen LogP contribution >= 0.6 is 0 Å². The number of rotatable bonds is 2. The molecule has 1 unspecified atom stereocenters. The molecule has 1 saturated carbocycles. The maximum Gasteiger partial charge on any atom is 0.132 e. The summed E-state index contributed by atoms with van der Waals surface area (Å²) >= 11 is 0. The third kappa shape index (κ3) is 2.90. The Morgan fingerprint density at radius 1 is 1.12 bits per heavy atom. The van der Waals surface area contributed by atoms with Crippen LogP contribution in [0.4, 0.5) is 8.78 Å². The molecule has 0 bridgehead atoms. The first-order chi connectivity index (χ1) is 8.06. The molecule has 0 saturated heterocycles. The van der Waals surface area contributed by atoms with Gasteiger partial charge in [-0.05, 0) is 42.4 Å². The summed E-state index contributed by atoms with van der Waals surface area (Å²) in [6.45, 7) is 1.98. The molecule has 0 aromatic heterocycles. The third-order valence-electron chi connectivity index (χ3n) is 3.71. The van der Waals surface area contributed by atoms with Crippen molar-refractivity contribution in [2.75, 3.05) is 0 Å². The Morgan fingerprint density at radius 3 is 2.18 bits per heavy atom. The minimum absolute atomic E-state index is 0.105. The van der Waals surface area contributed by atoms with Crippen LogP contribution in [0.3, 0.4) is 0 Å². The average molecular weight is 238 g/mol. The lowest BCUT2D eigenvalue weighted by Crippen LogP contribution is -2.19. The van der Waals surface area contributed by atoms with Gasteiger partial charge in [0.2, 0.25) is 0 Å². The second-order valence-corrected chi connectivity index (χ2v) is 4.87. The number of hydrogen-bond acceptors (Lipinski definition) is 1. The monoisotopic (exact) mass is 238 g/mol. The molecule has 1 aromatic rings. The maximum atomic E-state index is 13.1. The smallest absolute Gasteiger partial charge is 0.132 e. The largest absolute Gasteiger partial charge is 0.300 e. The first kappa shape index (κ1) is 12.2. The van der Waals surface area contributed by atoms with Crippen LogP contribution < -0.4 is 0 Å². The molecule has 1 fully saturated rings. The van der Waals surface area contributed by atoms with Crippen LogP contribution in [0.25, 0.3) is 0 Å². The fourth-order valence-electron chi connectivity index (χ4n) is 2.57. The molecule has 0 N–H and O–H groups in total. The topological polar surface area (TPSA) is 17.1 Å². The van der Waals surface area contributed by atoms with Crippen LogP contribution in [-0.2, 0) is 4.79 Å². The Labute approximate surface area is 99.8 Å². The van der Waals surface area contributed by atoms with E-state index in [9.17, 15) is 13.6 Å². The van der Waals surface area contributed by atoms with Crippen molar-refractivity contribution in [1.29, 1.82) is 0 Å². The number of carbonyl (C=O) groups excluding carboxylic acids is 1. The van der Waals surface area contributed by atoms with Gasteiger partial charge in [-0.15, -0.1) is 0 Å². The molecule has 3 heteroatoms. The molecule has 1 atom stereocenters. The SMILES string of the molecule is CC(c1cc(F)cc(F)c1)C1CCC(=O)CC1. The number of ketones is 1. The van der Waals surface area contributed by atoms with Crippen LogP contribution in [0.2, 0.25) is 0 Å². The van der Waals surface area contributed by atoms with Gasteiger partial charge in [-0.25, -0.2) is 8.78 Å². The number of Topliss-reactive ketones (excluding diaryl/α,β-unsaturated/α-hetero) is 1. The summed E-state index contributed by atoms with van der Waals surface area (Å²) in [5.74, 6) is -0.293. The quantitative estimate of drug-likeness (QED) is 0.765. The van der Waals surface area contributed by atoms with Gasteiger partial charge in [-0.1, -0.05) is 6.92 Å². The molecule has 0 spiro atoms. The van der Waals surface area contributed by atoms with E-state index in [-0.39, 0.29) is 5.92 Å². The highest BCUT2D eigenvalue weighted by Crippen LogP contribution is 2.35. The predicted octanol–water partition coefficient (Wildman–Crippen LogP) is 3.83. The zero-order valence-corrected chi connectivity index (χ0v) is 9.88. The third-order valence-corrected chi connectivity index (χ3v) is 3.71. The molecule has 0 heterocycles. The lowest BCUT2D eigenvalue weighted by Gasteiger charge is -2.27. The number of carbonyl (C=O) groups is 1. The summed E-state index contributed by atoms with van der Waals surface area (Å²) in [7, 11) is 0. The Kier molecular flexibility index (Phi) is 3.55. The van der Waals surface area contributed by atoms with Crippen molar-refractivity contribution in [3.8, 4) is 0 Å². The summed E-state index contributed by atoms with van der Waals surface area (Å²) in [5.41, 5.74) is 0.696. The molecule has 17 heavy (non-hydrogen) atoms. The van der Waals surface area contributed by atoms with E-state index in [0.717, 1.165) is 18.9 Å². The van der Waals surface area contributed by atoms with Gasteiger partial charge in [0.05, 0.1) is 0 Å². The molecular weight excluding hydrogens is 222 g/mol. The number of halogens is 2. The van der Waals surface area contributed by atoms with E-state index >= 15 is 0 Å². The van der Waals surface area contributed by atoms with Gasteiger partial charge in [-0.3, -0.25) is 4.79 Å². The van der Waals surface area contributed by atoms with Gasteiger partial charge >= 0.3 is 0 Å². The summed E-state index contributed by atoms with van der Waals surface area (Å²) in [6, 6.07) is 3.68. The van der Waals surface area contributed by atoms with E-state index in [2.05, 4.69) is 0 Å². The summed E-state index contributed by atoms with van der Waals surface area (Å²) in [4.78, 5) is 11.2. The summed E-state index contributed by atoms with van der Waals surface area (Å²) in [6.07, 6.45) is 2.87. The molecule has 1 aromatic carbocycles. The zero-order chi connectivity index (χ0) is 12.4. The van der Waals surface area contributed by atoms with E-state index in [1.807, 2.05) is 6.92 Å². The van der Waals surface area contributed by atoms with E-state index in [4.69, 9.17) is 0 Å². The van der Waals surface area contributed by atoms with Crippen LogP contribution in [0.5, 0.6) is 0 Å². The minimum atomic E-state index is -0.529. The van der Waals surface area contributed by atoms with Gasteiger partial charge < -0.3 is 0 Å². The second-order valence-electron chi connectivity index (χ2n) is 4.87. The minimum Gasteiger partial charge on any atom is -0.300 e. The van der Waals surface area contributed by atoms with Crippen molar-refractivity contribution in [2.24, 2.45) is 5.92 Å². The van der Waals surface area contributed by atoms with E-state index < -0.39 is 11.6 Å². The van der Waals surface area contributed by atoms with Gasteiger partial charge in [0, 0.05) is 18.9 Å². The maximum absolute atomic E-state index is 13.1. The number of hydrogen-bond donors (Lipinski definition) is 0. The molecule has 92 valence electrons. The van der Waals surface area contributed by atoms with Crippen LogP contribution in [-0.4, -0.2) is 5.78 Å². The van der Waals surface area contributed by atoms with Crippen molar-refractivity contribution in [2.45, 2.75) is 38.5 Å². The second kappa shape index (κ2) is 4.94. The van der Waals surface area contributed by atoms with Crippen molar-refractivity contribution in [3.05, 3.63) is 35.4 Å². The van der Waals surface area contributed by atoms with Crippen molar-refractivity contribution >= 4 is 5.78 Å². The average Bonchev–Trinajstić information content (AvgIpc) is 2.28. The lowest BCUT2D eigenvalue weighted by molar-refractivity contribution is -0.121. The summed E-state index contributed by atoms with van der Waals surface area (Å²) < 4.78 is 26.2. The van der Waals surface area contributed by atoms with Crippen molar-refractivity contribution in [1.82, 2.24) is 0 Å². The van der Waals surface area contributed by atoms with Gasteiger partial charge in [0.25, 0.3) is 0 Å². The Balaban J connectivity index is 2.13. The zero-order valence-electron chi connectivity index (χ0n) is 9.88. The van der Waals surface area contributed by atoms with Crippen LogP contribution in [0, 0.1) is 17.6 Å². The molecule has 0 aliphatic heterocycles. The van der Waals surface area contributed by atoms with Crippen LogP contribution in [0.15, 0.2) is 18.2 Å². The van der Waals surface area contributed by atoms with Gasteiger partial charge in [0.1, 0.15) is 17.4 Å². The Morgan fingerprint density at radius 2 is 1.65 bits per heavy atom. The molecule has 1 aliphatic carbocycles. The first-order valence-corrected chi connectivity index (χ1v) is 6.04. The fraction of sp³-hybridized carbons (Fsp3) is 0.500. The molecule has 2 rings (SSSR count). The fourth-order valence-corrected chi connectivity index (χ4v) is 2.57. The Hall–Kier alpha value is -1.25. The highest BCUT2D eigenvalue weighted by Gasteiger charge is 2.25. The molecule has 1 nitrogen and oxygen atoms in total. The standard InChI is InChI=1S/C14H16F2O/c1-9(10-2-4-14(17)5-3-10)11-6-12(15)8-13(16)7-11/h6-10H,2-5H2,1H3. The highest BCUT2D eigenvalue weighted by atomic mass is 19.1. The van der Waals surface area contributed by atoms with Crippen molar-refractivity contribution in [3.63, 3.8) is 0 Å². The van der Waals surface area contributed by atoms with Crippen molar-refractivity contribution < 1.29 is 13.6 Å².